The van der Waals surface area contributed by atoms with Crippen LogP contribution in [0.4, 0.5) is 5.69 Å². The second-order valence-electron chi connectivity index (χ2n) is 5.95. The summed E-state index contributed by atoms with van der Waals surface area (Å²) in [5.74, 6) is 0.355. The van der Waals surface area contributed by atoms with Crippen LogP contribution in [0.2, 0.25) is 5.02 Å². The predicted octanol–water partition coefficient (Wildman–Crippen LogP) is 5.08. The molecule has 4 rings (SSSR count). The Labute approximate surface area is 159 Å². The normalized spacial score (nSPS) is 12.2. The highest BCUT2D eigenvalue weighted by atomic mass is 35.5. The number of fused-ring (bicyclic) bond motifs is 1. The maximum absolute atomic E-state index is 12.5. The van der Waals surface area contributed by atoms with Gasteiger partial charge in [0.2, 0.25) is 5.91 Å². The quantitative estimate of drug-likeness (QED) is 0.517. The molecule has 130 valence electrons. The molecule has 5 nitrogen and oxygen atoms in total. The summed E-state index contributed by atoms with van der Waals surface area (Å²) in [7, 11) is 0. The van der Waals surface area contributed by atoms with E-state index in [4.69, 9.17) is 11.6 Å². The first kappa shape index (κ1) is 16.8. The zero-order valence-electron chi connectivity index (χ0n) is 13.9. The Bertz CT molecular complexity index is 1060. The highest BCUT2D eigenvalue weighted by Crippen LogP contribution is 2.24. The average molecular weight is 383 g/mol. The number of carbonyl (C=O) groups excluding carboxylic acids is 1. The molecule has 0 radical (unpaired) electrons. The molecule has 7 heteroatoms. The van der Waals surface area contributed by atoms with E-state index >= 15 is 0 Å². The van der Waals surface area contributed by atoms with Crippen molar-refractivity contribution in [1.29, 1.82) is 0 Å². The molecule has 1 atom stereocenters. The fraction of sp³-hybridized carbons (Fsp3) is 0.105. The van der Waals surface area contributed by atoms with Crippen LogP contribution < -0.4 is 5.32 Å². The number of nitrogens with zero attached hydrogens (tertiary/aromatic N) is 2. The summed E-state index contributed by atoms with van der Waals surface area (Å²) in [4.78, 5) is 24.6. The van der Waals surface area contributed by atoms with Crippen molar-refractivity contribution in [3.63, 3.8) is 0 Å². The molecule has 0 saturated heterocycles. The molecule has 0 fully saturated rings. The smallest absolute Gasteiger partial charge is 0.231 e. The summed E-state index contributed by atoms with van der Waals surface area (Å²) in [5.41, 5.74) is 5.89. The maximum Gasteiger partial charge on any atom is 0.231 e. The third-order valence-electron chi connectivity index (χ3n) is 4.19. The largest absolute Gasteiger partial charge is 0.337 e. The van der Waals surface area contributed by atoms with E-state index in [1.54, 1.807) is 17.6 Å². The van der Waals surface area contributed by atoms with Gasteiger partial charge in [-0.2, -0.15) is 0 Å². The highest BCUT2D eigenvalue weighted by molar-refractivity contribution is 7.07. The summed E-state index contributed by atoms with van der Waals surface area (Å²) in [6.45, 7) is 1.87. The molecule has 0 spiro atoms. The van der Waals surface area contributed by atoms with E-state index in [-0.39, 0.29) is 11.8 Å². The fourth-order valence-electron chi connectivity index (χ4n) is 2.69. The third-order valence-corrected chi connectivity index (χ3v) is 5.03. The molecule has 0 aliphatic carbocycles. The maximum atomic E-state index is 12.5. The summed E-state index contributed by atoms with van der Waals surface area (Å²) >= 11 is 7.43. The standard InChI is InChI=1S/C19H15ClN4OS/c1-11(12-2-4-13(20)5-3-12)19(25)22-14-6-7-15-16(8-14)24-18(23-15)17-9-26-10-21-17/h2-11H,1H3,(H,22,25)(H,23,24)/t11-/m0/s1. The number of H-pyrrole nitrogens is 1. The molecule has 1 amide bonds. The van der Waals surface area contributed by atoms with Crippen LogP contribution in [0.3, 0.4) is 0 Å². The zero-order chi connectivity index (χ0) is 18.1. The molecule has 0 bridgehead atoms. The number of amides is 1. The SMILES string of the molecule is C[C@H](C(=O)Nc1ccc2[nH]c(-c3cscn3)nc2c1)c1ccc(Cl)cc1. The third kappa shape index (κ3) is 3.34. The second kappa shape index (κ2) is 6.90. The number of aromatic nitrogens is 3. The molecule has 0 aliphatic rings. The lowest BCUT2D eigenvalue weighted by Gasteiger charge is -2.12. The number of nitrogens with one attached hydrogen (secondary N) is 2. The van der Waals surface area contributed by atoms with Gasteiger partial charge in [-0.25, -0.2) is 9.97 Å². The molecule has 2 heterocycles. The molecule has 2 aromatic carbocycles. The summed E-state index contributed by atoms with van der Waals surface area (Å²) in [6, 6.07) is 12.9. The van der Waals surface area contributed by atoms with Crippen LogP contribution in [-0.4, -0.2) is 20.9 Å². The number of hydrogen-bond acceptors (Lipinski definition) is 4. The van der Waals surface area contributed by atoms with Crippen LogP contribution >= 0.6 is 22.9 Å². The monoisotopic (exact) mass is 382 g/mol. The van der Waals surface area contributed by atoms with Gasteiger partial charge in [0.1, 0.15) is 5.69 Å². The number of aromatic amines is 1. The van der Waals surface area contributed by atoms with Crippen molar-refractivity contribution in [1.82, 2.24) is 15.0 Å². The van der Waals surface area contributed by atoms with Crippen LogP contribution in [0.5, 0.6) is 0 Å². The Balaban J connectivity index is 1.55. The van der Waals surface area contributed by atoms with E-state index in [0.717, 1.165) is 28.1 Å². The number of hydrogen-bond donors (Lipinski definition) is 2. The molecule has 4 aromatic rings. The van der Waals surface area contributed by atoms with Crippen LogP contribution in [0, 0.1) is 0 Å². The first-order chi connectivity index (χ1) is 12.6. The molecule has 0 unspecified atom stereocenters. The number of thiazole rings is 1. The van der Waals surface area contributed by atoms with Crippen LogP contribution in [0.15, 0.2) is 53.4 Å². The Hall–Kier alpha value is -2.70. The van der Waals surface area contributed by atoms with Crippen molar-refractivity contribution in [2.45, 2.75) is 12.8 Å². The lowest BCUT2D eigenvalue weighted by atomic mass is 10.0. The minimum Gasteiger partial charge on any atom is -0.337 e. The molecular weight excluding hydrogens is 368 g/mol. The lowest BCUT2D eigenvalue weighted by Crippen LogP contribution is -2.18. The Morgan fingerprint density at radius 1 is 1.23 bits per heavy atom. The topological polar surface area (TPSA) is 70.7 Å². The van der Waals surface area contributed by atoms with Gasteiger partial charge in [0, 0.05) is 16.1 Å². The number of carbonyl (C=O) groups is 1. The van der Waals surface area contributed by atoms with Gasteiger partial charge in [0.15, 0.2) is 5.82 Å². The van der Waals surface area contributed by atoms with Crippen molar-refractivity contribution >= 4 is 45.6 Å². The van der Waals surface area contributed by atoms with Crippen molar-refractivity contribution in [2.75, 3.05) is 5.32 Å². The Morgan fingerprint density at radius 3 is 2.77 bits per heavy atom. The van der Waals surface area contributed by atoms with Crippen molar-refractivity contribution in [3.8, 4) is 11.5 Å². The molecule has 26 heavy (non-hydrogen) atoms. The minimum atomic E-state index is -0.285. The number of imidazole rings is 1. The summed E-state index contributed by atoms with van der Waals surface area (Å²) in [6.07, 6.45) is 0. The van der Waals surface area contributed by atoms with Gasteiger partial charge in [-0.1, -0.05) is 23.7 Å². The van der Waals surface area contributed by atoms with E-state index in [2.05, 4.69) is 20.3 Å². The molecule has 0 saturated carbocycles. The van der Waals surface area contributed by atoms with E-state index in [1.165, 1.54) is 11.3 Å². The summed E-state index contributed by atoms with van der Waals surface area (Å²) in [5, 5.41) is 5.54. The molecular formula is C19H15ClN4OS. The zero-order valence-corrected chi connectivity index (χ0v) is 15.4. The van der Waals surface area contributed by atoms with E-state index in [0.29, 0.717) is 10.7 Å². The minimum absolute atomic E-state index is 0.0815. The number of anilines is 1. The molecule has 2 N–H and O–H groups in total. The van der Waals surface area contributed by atoms with E-state index < -0.39 is 0 Å². The molecule has 2 aromatic heterocycles. The predicted molar refractivity (Wildman–Crippen MR) is 106 cm³/mol. The van der Waals surface area contributed by atoms with Crippen molar-refractivity contribution in [3.05, 3.63) is 63.9 Å². The first-order valence-corrected chi connectivity index (χ1v) is 9.37. The number of rotatable bonds is 4. The van der Waals surface area contributed by atoms with Gasteiger partial charge in [-0.3, -0.25) is 4.79 Å². The van der Waals surface area contributed by atoms with Crippen LogP contribution in [0.25, 0.3) is 22.6 Å². The van der Waals surface area contributed by atoms with Gasteiger partial charge in [-0.05, 0) is 42.8 Å². The van der Waals surface area contributed by atoms with Gasteiger partial charge in [-0.15, -0.1) is 11.3 Å². The van der Waals surface area contributed by atoms with E-state index in [9.17, 15) is 4.79 Å². The van der Waals surface area contributed by atoms with Crippen molar-refractivity contribution in [2.24, 2.45) is 0 Å². The van der Waals surface area contributed by atoms with Crippen molar-refractivity contribution < 1.29 is 4.79 Å². The van der Waals surface area contributed by atoms with Gasteiger partial charge in [0.05, 0.1) is 22.5 Å². The first-order valence-electron chi connectivity index (χ1n) is 8.05. The number of benzene rings is 2. The second-order valence-corrected chi connectivity index (χ2v) is 7.11. The average Bonchev–Trinajstić information content (AvgIpc) is 3.30. The number of halogens is 1. The lowest BCUT2D eigenvalue weighted by molar-refractivity contribution is -0.117. The van der Waals surface area contributed by atoms with Gasteiger partial charge < -0.3 is 10.3 Å². The van der Waals surface area contributed by atoms with Gasteiger partial charge >= 0.3 is 0 Å². The summed E-state index contributed by atoms with van der Waals surface area (Å²) < 4.78 is 0. The van der Waals surface area contributed by atoms with Crippen LogP contribution in [-0.2, 0) is 4.79 Å². The molecule has 0 aliphatic heterocycles. The highest BCUT2D eigenvalue weighted by Gasteiger charge is 2.16. The van der Waals surface area contributed by atoms with Gasteiger partial charge in [0.25, 0.3) is 0 Å². The fourth-order valence-corrected chi connectivity index (χ4v) is 3.35. The Morgan fingerprint density at radius 2 is 2.04 bits per heavy atom. The van der Waals surface area contributed by atoms with E-state index in [1.807, 2.05) is 42.6 Å². The Kier molecular flexibility index (Phi) is 4.44. The van der Waals surface area contributed by atoms with Crippen LogP contribution in [0.1, 0.15) is 18.4 Å².